The second-order valence-electron chi connectivity index (χ2n) is 3.10. The predicted octanol–water partition coefficient (Wildman–Crippen LogP) is 2.45. The number of pyridine rings is 1. The molecule has 0 aliphatic heterocycles. The summed E-state index contributed by atoms with van der Waals surface area (Å²) in [5, 5.41) is 8.84. The summed E-state index contributed by atoms with van der Waals surface area (Å²) in [7, 11) is 0. The minimum absolute atomic E-state index is 0.276. The van der Waals surface area contributed by atoms with Crippen LogP contribution in [-0.2, 0) is 0 Å². The SMILES string of the molecule is O=C(O)c1cccc(-c2ccccn2)c1. The van der Waals surface area contributed by atoms with Crippen LogP contribution < -0.4 is 0 Å². The van der Waals surface area contributed by atoms with E-state index < -0.39 is 5.97 Å². The fourth-order valence-corrected chi connectivity index (χ4v) is 1.35. The Morgan fingerprint density at radius 3 is 2.67 bits per heavy atom. The van der Waals surface area contributed by atoms with Crippen LogP contribution >= 0.6 is 0 Å². The molecular weight excluding hydrogens is 190 g/mol. The van der Waals surface area contributed by atoms with E-state index in [1.165, 1.54) is 0 Å². The third-order valence-corrected chi connectivity index (χ3v) is 2.07. The first kappa shape index (κ1) is 9.40. The molecule has 0 saturated carbocycles. The van der Waals surface area contributed by atoms with Crippen molar-refractivity contribution in [2.24, 2.45) is 0 Å². The summed E-state index contributed by atoms with van der Waals surface area (Å²) in [4.78, 5) is 14.9. The van der Waals surface area contributed by atoms with Gasteiger partial charge in [-0.3, -0.25) is 4.98 Å². The molecule has 0 atom stereocenters. The summed E-state index contributed by atoms with van der Waals surface area (Å²) in [6, 6.07) is 12.3. The molecule has 3 nitrogen and oxygen atoms in total. The van der Waals surface area contributed by atoms with Gasteiger partial charge in [-0.15, -0.1) is 0 Å². The van der Waals surface area contributed by atoms with Crippen molar-refractivity contribution in [1.82, 2.24) is 4.98 Å². The van der Waals surface area contributed by atoms with Gasteiger partial charge in [0.2, 0.25) is 0 Å². The smallest absolute Gasteiger partial charge is 0.335 e. The van der Waals surface area contributed by atoms with Crippen molar-refractivity contribution in [1.29, 1.82) is 0 Å². The molecule has 0 amide bonds. The Morgan fingerprint density at radius 1 is 1.13 bits per heavy atom. The zero-order valence-corrected chi connectivity index (χ0v) is 7.92. The van der Waals surface area contributed by atoms with Crippen LogP contribution in [0.25, 0.3) is 11.3 Å². The molecule has 3 heteroatoms. The number of hydrogen-bond acceptors (Lipinski definition) is 2. The fraction of sp³-hybridized carbons (Fsp3) is 0. The predicted molar refractivity (Wildman–Crippen MR) is 56.6 cm³/mol. The molecule has 0 aliphatic rings. The number of aromatic nitrogens is 1. The highest BCUT2D eigenvalue weighted by molar-refractivity contribution is 5.89. The van der Waals surface area contributed by atoms with Crippen molar-refractivity contribution in [2.45, 2.75) is 0 Å². The van der Waals surface area contributed by atoms with Crippen LogP contribution in [0.4, 0.5) is 0 Å². The van der Waals surface area contributed by atoms with E-state index >= 15 is 0 Å². The van der Waals surface area contributed by atoms with E-state index in [0.29, 0.717) is 0 Å². The van der Waals surface area contributed by atoms with Crippen molar-refractivity contribution in [3.8, 4) is 11.3 Å². The number of carbonyl (C=O) groups is 1. The summed E-state index contributed by atoms with van der Waals surface area (Å²) in [6.07, 6.45) is 1.68. The maximum Gasteiger partial charge on any atom is 0.335 e. The topological polar surface area (TPSA) is 50.2 Å². The highest BCUT2D eigenvalue weighted by Gasteiger charge is 2.04. The van der Waals surface area contributed by atoms with Crippen molar-refractivity contribution in [3.63, 3.8) is 0 Å². The lowest BCUT2D eigenvalue weighted by Crippen LogP contribution is -1.95. The maximum absolute atomic E-state index is 10.8. The largest absolute Gasteiger partial charge is 0.478 e. The maximum atomic E-state index is 10.8. The molecule has 1 aromatic carbocycles. The molecule has 1 N–H and O–H groups in total. The van der Waals surface area contributed by atoms with Crippen molar-refractivity contribution in [3.05, 3.63) is 54.2 Å². The van der Waals surface area contributed by atoms with Crippen LogP contribution in [0.3, 0.4) is 0 Å². The lowest BCUT2D eigenvalue weighted by molar-refractivity contribution is 0.0697. The van der Waals surface area contributed by atoms with Crippen LogP contribution in [0.2, 0.25) is 0 Å². The van der Waals surface area contributed by atoms with E-state index in [0.717, 1.165) is 11.3 Å². The van der Waals surface area contributed by atoms with Crippen LogP contribution in [0.5, 0.6) is 0 Å². The Kier molecular flexibility index (Phi) is 2.46. The van der Waals surface area contributed by atoms with Gasteiger partial charge in [0.05, 0.1) is 11.3 Å². The standard InChI is InChI=1S/C12H9NO2/c14-12(15)10-5-3-4-9(8-10)11-6-1-2-7-13-11/h1-8H,(H,14,15). The zero-order valence-electron chi connectivity index (χ0n) is 7.92. The van der Waals surface area contributed by atoms with Gasteiger partial charge in [-0.2, -0.15) is 0 Å². The van der Waals surface area contributed by atoms with Crippen LogP contribution in [-0.4, -0.2) is 16.1 Å². The van der Waals surface area contributed by atoms with E-state index in [4.69, 9.17) is 5.11 Å². The monoisotopic (exact) mass is 199 g/mol. The van der Waals surface area contributed by atoms with E-state index in [1.807, 2.05) is 24.3 Å². The Morgan fingerprint density at radius 2 is 2.00 bits per heavy atom. The van der Waals surface area contributed by atoms with Gasteiger partial charge < -0.3 is 5.11 Å². The van der Waals surface area contributed by atoms with Crippen LogP contribution in [0.1, 0.15) is 10.4 Å². The Labute approximate surface area is 87.0 Å². The van der Waals surface area contributed by atoms with E-state index in [2.05, 4.69) is 4.98 Å². The van der Waals surface area contributed by atoms with Crippen molar-refractivity contribution >= 4 is 5.97 Å². The number of benzene rings is 1. The summed E-state index contributed by atoms with van der Waals surface area (Å²) >= 11 is 0. The van der Waals surface area contributed by atoms with Gasteiger partial charge in [0.1, 0.15) is 0 Å². The Balaban J connectivity index is 2.46. The number of rotatable bonds is 2. The first-order chi connectivity index (χ1) is 7.27. The molecule has 0 unspecified atom stereocenters. The van der Waals surface area contributed by atoms with Gasteiger partial charge in [0.25, 0.3) is 0 Å². The molecule has 0 spiro atoms. The Hall–Kier alpha value is -2.16. The summed E-state index contributed by atoms with van der Waals surface area (Å²) in [5.41, 5.74) is 1.87. The van der Waals surface area contributed by atoms with Gasteiger partial charge in [0.15, 0.2) is 0 Å². The summed E-state index contributed by atoms with van der Waals surface area (Å²) in [5.74, 6) is -0.923. The first-order valence-corrected chi connectivity index (χ1v) is 4.52. The van der Waals surface area contributed by atoms with Crippen molar-refractivity contribution in [2.75, 3.05) is 0 Å². The lowest BCUT2D eigenvalue weighted by atomic mass is 10.1. The highest BCUT2D eigenvalue weighted by atomic mass is 16.4. The molecule has 0 aliphatic carbocycles. The normalized spacial score (nSPS) is 9.87. The van der Waals surface area contributed by atoms with Gasteiger partial charge in [-0.1, -0.05) is 18.2 Å². The van der Waals surface area contributed by atoms with E-state index in [1.54, 1.807) is 24.4 Å². The summed E-state index contributed by atoms with van der Waals surface area (Å²) in [6.45, 7) is 0. The molecule has 0 radical (unpaired) electrons. The zero-order chi connectivity index (χ0) is 10.7. The average Bonchev–Trinajstić information content (AvgIpc) is 2.30. The number of aromatic carboxylic acids is 1. The molecule has 15 heavy (non-hydrogen) atoms. The lowest BCUT2D eigenvalue weighted by Gasteiger charge is -2.01. The minimum Gasteiger partial charge on any atom is -0.478 e. The molecule has 1 aromatic heterocycles. The molecule has 0 fully saturated rings. The molecule has 2 rings (SSSR count). The average molecular weight is 199 g/mol. The Bertz CT molecular complexity index is 480. The second-order valence-corrected chi connectivity index (χ2v) is 3.10. The van der Waals surface area contributed by atoms with Gasteiger partial charge >= 0.3 is 5.97 Å². The molecule has 0 bridgehead atoms. The highest BCUT2D eigenvalue weighted by Crippen LogP contribution is 2.17. The molecule has 0 saturated heterocycles. The van der Waals surface area contributed by atoms with Gasteiger partial charge in [-0.05, 0) is 24.3 Å². The second kappa shape index (κ2) is 3.92. The third-order valence-electron chi connectivity index (χ3n) is 2.07. The molecule has 2 aromatic rings. The first-order valence-electron chi connectivity index (χ1n) is 4.52. The fourth-order valence-electron chi connectivity index (χ4n) is 1.35. The number of nitrogens with zero attached hydrogens (tertiary/aromatic N) is 1. The third kappa shape index (κ3) is 2.02. The molecule has 74 valence electrons. The number of carboxylic acid groups (broad SMARTS) is 1. The quantitative estimate of drug-likeness (QED) is 0.808. The van der Waals surface area contributed by atoms with Crippen LogP contribution in [0, 0.1) is 0 Å². The number of carboxylic acids is 1. The summed E-state index contributed by atoms with van der Waals surface area (Å²) < 4.78 is 0. The van der Waals surface area contributed by atoms with E-state index in [-0.39, 0.29) is 5.56 Å². The van der Waals surface area contributed by atoms with Crippen LogP contribution in [0.15, 0.2) is 48.7 Å². The molecule has 1 heterocycles. The van der Waals surface area contributed by atoms with Gasteiger partial charge in [0, 0.05) is 11.8 Å². The van der Waals surface area contributed by atoms with E-state index in [9.17, 15) is 4.79 Å². The van der Waals surface area contributed by atoms with Crippen molar-refractivity contribution < 1.29 is 9.90 Å². The number of hydrogen-bond donors (Lipinski definition) is 1. The molecular formula is C12H9NO2. The van der Waals surface area contributed by atoms with Gasteiger partial charge in [-0.25, -0.2) is 4.79 Å². The minimum atomic E-state index is -0.923.